The van der Waals surface area contributed by atoms with Crippen molar-refractivity contribution >= 4 is 18.9 Å². The van der Waals surface area contributed by atoms with Crippen molar-refractivity contribution in [3.05, 3.63) is 0 Å². The van der Waals surface area contributed by atoms with Crippen LogP contribution >= 0.6 is 0 Å². The third kappa shape index (κ3) is 20.5. The standard InChI is InChI=1S/Co.Li.2Mn.Ni.H. The first-order chi connectivity index (χ1) is 0. The molecule has 0 rings (SSSR count). The van der Waals surface area contributed by atoms with Gasteiger partial charge in [0, 0.05) is 67.4 Å². The molecular formula is HCoLiMn2Ni. The maximum atomic E-state index is 0. The Kier molecular flexibility index (Phi) is 294. The monoisotopic (exact) mass is 235 g/mol. The zero-order valence-corrected chi connectivity index (χ0v) is 5.79. The van der Waals surface area contributed by atoms with Gasteiger partial charge in [-0.2, -0.15) is 0 Å². The molecule has 0 aliphatic rings. The summed E-state index contributed by atoms with van der Waals surface area (Å²) < 4.78 is 0. The fraction of sp³-hybridized carbons (Fsp3) is 0. The van der Waals surface area contributed by atoms with E-state index in [1.807, 2.05) is 0 Å². The zero-order chi connectivity index (χ0) is 0. The normalized spacial score (nSPS) is 0. The molecule has 3 radical (unpaired) electrons. The van der Waals surface area contributed by atoms with Crippen molar-refractivity contribution in [2.24, 2.45) is 0 Å². The quantitative estimate of drug-likeness (QED) is 0.489. The van der Waals surface area contributed by atoms with Crippen LogP contribution in [0.25, 0.3) is 0 Å². The summed E-state index contributed by atoms with van der Waals surface area (Å²) in [6.07, 6.45) is 0. The van der Waals surface area contributed by atoms with Crippen LogP contribution in [0.1, 0.15) is 0 Å². The van der Waals surface area contributed by atoms with Gasteiger partial charge in [-0.1, -0.05) is 0 Å². The molecule has 0 nitrogen and oxygen atoms in total. The van der Waals surface area contributed by atoms with Crippen LogP contribution in [0.15, 0.2) is 0 Å². The average Bonchev–Trinajstić information content (AvgIpc) is 0. The molecule has 0 spiro atoms. The molecule has 0 bridgehead atoms. The Hall–Kier alpha value is 2.64. The third-order valence-electron chi connectivity index (χ3n) is 0. The molecule has 0 aliphatic heterocycles. The van der Waals surface area contributed by atoms with Gasteiger partial charge in [-0.25, -0.2) is 0 Å². The van der Waals surface area contributed by atoms with Gasteiger partial charge < -0.3 is 0 Å². The summed E-state index contributed by atoms with van der Waals surface area (Å²) >= 11 is 0. The molecular weight excluding hydrogens is 234 g/mol. The summed E-state index contributed by atoms with van der Waals surface area (Å²) in [5.74, 6) is 0. The van der Waals surface area contributed by atoms with Gasteiger partial charge in [0.2, 0.25) is 0 Å². The fourth-order valence-corrected chi connectivity index (χ4v) is 0. The summed E-state index contributed by atoms with van der Waals surface area (Å²) in [7, 11) is 0. The molecule has 0 N–H and O–H groups in total. The zero-order valence-electron chi connectivity index (χ0n) is 1.41. The van der Waals surface area contributed by atoms with E-state index in [-0.39, 0.29) is 86.3 Å². The first-order valence-electron chi connectivity index (χ1n) is 0. The Morgan fingerprint density at radius 2 is 0.800 bits per heavy atom. The molecule has 0 unspecified atom stereocenters. The summed E-state index contributed by atoms with van der Waals surface area (Å²) in [6, 6.07) is 0. The fourth-order valence-electron chi connectivity index (χ4n) is 0. The Bertz CT molecular complexity index is 9.61. The van der Waals surface area contributed by atoms with E-state index >= 15 is 0 Å². The van der Waals surface area contributed by atoms with Gasteiger partial charge in [0.25, 0.3) is 0 Å². The molecule has 0 aliphatic carbocycles. The Morgan fingerprint density at radius 1 is 0.800 bits per heavy atom. The Morgan fingerprint density at radius 3 is 0.800 bits per heavy atom. The molecule has 35 valence electrons. The molecule has 0 amide bonds. The molecule has 0 heterocycles. The second-order valence-electron chi connectivity index (χ2n) is 0. The molecule has 5 heteroatoms. The van der Waals surface area contributed by atoms with E-state index in [0.29, 0.717) is 0 Å². The average molecular weight is 235 g/mol. The summed E-state index contributed by atoms with van der Waals surface area (Å²) in [5, 5.41) is 0. The van der Waals surface area contributed by atoms with Crippen molar-refractivity contribution in [1.82, 2.24) is 0 Å². The van der Waals surface area contributed by atoms with Crippen molar-refractivity contribution in [2.75, 3.05) is 0 Å². The third-order valence-corrected chi connectivity index (χ3v) is 0. The molecule has 5 heavy (non-hydrogen) atoms. The van der Waals surface area contributed by atoms with Gasteiger partial charge in [0.05, 0.1) is 0 Å². The second kappa shape index (κ2) is 30.3. The van der Waals surface area contributed by atoms with Gasteiger partial charge in [0.1, 0.15) is 0 Å². The molecule has 0 aromatic heterocycles. The maximum Gasteiger partial charge on any atom is 0 e. The first kappa shape index (κ1) is 48.4. The molecule has 0 saturated heterocycles. The van der Waals surface area contributed by atoms with Gasteiger partial charge in [0.15, 0.2) is 0 Å². The minimum atomic E-state index is 0. The minimum Gasteiger partial charge on any atom is 0 e. The van der Waals surface area contributed by atoms with Crippen LogP contribution in [0.4, 0.5) is 0 Å². The van der Waals surface area contributed by atoms with E-state index < -0.39 is 0 Å². The van der Waals surface area contributed by atoms with E-state index in [1.165, 1.54) is 0 Å². The van der Waals surface area contributed by atoms with Crippen LogP contribution in [0.2, 0.25) is 0 Å². The molecule has 0 aromatic rings. The van der Waals surface area contributed by atoms with E-state index in [2.05, 4.69) is 0 Å². The first-order valence-corrected chi connectivity index (χ1v) is 0. The van der Waals surface area contributed by atoms with E-state index in [0.717, 1.165) is 0 Å². The molecule has 0 fully saturated rings. The summed E-state index contributed by atoms with van der Waals surface area (Å²) in [4.78, 5) is 0. The van der Waals surface area contributed by atoms with Gasteiger partial charge in [-0.05, 0) is 0 Å². The number of hydrogen-bond donors (Lipinski definition) is 0. The topological polar surface area (TPSA) is 0 Å². The Balaban J connectivity index is 0. The van der Waals surface area contributed by atoms with Crippen molar-refractivity contribution in [2.45, 2.75) is 0 Å². The largest absolute Gasteiger partial charge is 0 e. The van der Waals surface area contributed by atoms with Crippen LogP contribution in [0.5, 0.6) is 0 Å². The van der Waals surface area contributed by atoms with Gasteiger partial charge >= 0.3 is 18.9 Å². The van der Waals surface area contributed by atoms with E-state index in [4.69, 9.17) is 0 Å². The van der Waals surface area contributed by atoms with Crippen LogP contribution in [-0.4, -0.2) is 18.9 Å². The summed E-state index contributed by atoms with van der Waals surface area (Å²) in [6.45, 7) is 0. The van der Waals surface area contributed by atoms with E-state index in [1.54, 1.807) is 0 Å². The second-order valence-corrected chi connectivity index (χ2v) is 0. The van der Waals surface area contributed by atoms with Crippen LogP contribution in [0, 0.1) is 0 Å². The predicted octanol–water partition coefficient (Wildman–Crippen LogP) is -0.659. The summed E-state index contributed by atoms with van der Waals surface area (Å²) in [5.41, 5.74) is 0. The molecule has 0 saturated carbocycles. The Labute approximate surface area is 85.2 Å². The van der Waals surface area contributed by atoms with Crippen LogP contribution in [-0.2, 0) is 67.4 Å². The number of hydrogen-bond acceptors (Lipinski definition) is 0. The van der Waals surface area contributed by atoms with Crippen molar-refractivity contribution in [3.8, 4) is 0 Å². The van der Waals surface area contributed by atoms with Crippen molar-refractivity contribution < 1.29 is 67.4 Å². The van der Waals surface area contributed by atoms with Gasteiger partial charge in [-0.15, -0.1) is 0 Å². The van der Waals surface area contributed by atoms with Gasteiger partial charge in [-0.3, -0.25) is 0 Å². The maximum absolute atomic E-state index is 0. The van der Waals surface area contributed by atoms with Crippen LogP contribution < -0.4 is 0 Å². The smallest absolute Gasteiger partial charge is 0 e. The van der Waals surface area contributed by atoms with E-state index in [9.17, 15) is 0 Å². The number of rotatable bonds is 0. The SMILES string of the molecule is [Co].[LiH].[Mn].[Mn].[Ni]. The van der Waals surface area contributed by atoms with Crippen molar-refractivity contribution in [3.63, 3.8) is 0 Å². The predicted molar refractivity (Wildman–Crippen MR) is 7.15 cm³/mol. The molecule has 0 atom stereocenters. The van der Waals surface area contributed by atoms with Crippen LogP contribution in [0.3, 0.4) is 0 Å². The van der Waals surface area contributed by atoms with Crippen molar-refractivity contribution in [1.29, 1.82) is 0 Å². The molecule has 0 aromatic carbocycles. The minimum absolute atomic E-state index is 0.